The average molecular weight is 541 g/mol. The van der Waals surface area contributed by atoms with Gasteiger partial charge in [0.1, 0.15) is 11.3 Å². The monoisotopic (exact) mass is 540 g/mol. The maximum atomic E-state index is 13.0. The molecule has 1 atom stereocenters. The minimum atomic E-state index is -0.490. The number of hydrogen-bond acceptors (Lipinski definition) is 5. The van der Waals surface area contributed by atoms with Gasteiger partial charge >= 0.3 is 0 Å². The van der Waals surface area contributed by atoms with Crippen molar-refractivity contribution in [1.29, 1.82) is 0 Å². The van der Waals surface area contributed by atoms with E-state index in [2.05, 4.69) is 45.4 Å². The summed E-state index contributed by atoms with van der Waals surface area (Å²) in [6, 6.07) is 25.6. The number of piperidine rings is 1. The third kappa shape index (κ3) is 5.56. The molecule has 0 radical (unpaired) electrons. The van der Waals surface area contributed by atoms with Gasteiger partial charge in [-0.2, -0.15) is 0 Å². The number of anilines is 1. The molecular formula is C33H40N4O3. The van der Waals surface area contributed by atoms with Gasteiger partial charge in [-0.25, -0.2) is 0 Å². The Morgan fingerprint density at radius 3 is 2.30 bits per heavy atom. The molecule has 2 N–H and O–H groups in total. The van der Waals surface area contributed by atoms with Crippen molar-refractivity contribution in [2.45, 2.75) is 44.6 Å². The molecular weight excluding hydrogens is 500 g/mol. The second-order valence-corrected chi connectivity index (χ2v) is 10.8. The summed E-state index contributed by atoms with van der Waals surface area (Å²) < 4.78 is 0. The molecule has 0 aliphatic carbocycles. The number of hydrogen-bond donors (Lipinski definition) is 2. The molecule has 210 valence electrons. The van der Waals surface area contributed by atoms with Crippen molar-refractivity contribution in [2.75, 3.05) is 44.3 Å². The van der Waals surface area contributed by atoms with Gasteiger partial charge in [-0.05, 0) is 87.2 Å². The molecule has 5 rings (SSSR count). The van der Waals surface area contributed by atoms with Crippen molar-refractivity contribution in [2.24, 2.45) is 0 Å². The molecule has 40 heavy (non-hydrogen) atoms. The van der Waals surface area contributed by atoms with Crippen LogP contribution in [0.15, 0.2) is 78.9 Å². The molecule has 0 aromatic heterocycles. The van der Waals surface area contributed by atoms with Crippen LogP contribution in [0.25, 0.3) is 0 Å². The number of nitrogens with one attached hydrogen (secondary N) is 1. The molecule has 2 saturated heterocycles. The summed E-state index contributed by atoms with van der Waals surface area (Å²) in [6.07, 6.45) is 2.44. The molecule has 2 amide bonds. The number of benzene rings is 3. The van der Waals surface area contributed by atoms with Crippen LogP contribution in [-0.2, 0) is 4.79 Å². The number of amides is 2. The van der Waals surface area contributed by atoms with Crippen LogP contribution in [0.3, 0.4) is 0 Å². The summed E-state index contributed by atoms with van der Waals surface area (Å²) in [5.41, 5.74) is 3.47. The molecule has 3 aromatic carbocycles. The lowest BCUT2D eigenvalue weighted by Crippen LogP contribution is -2.56. The van der Waals surface area contributed by atoms with E-state index in [1.165, 1.54) is 0 Å². The minimum Gasteiger partial charge on any atom is -0.508 e. The highest BCUT2D eigenvalue weighted by atomic mass is 16.3. The van der Waals surface area contributed by atoms with Crippen molar-refractivity contribution >= 4 is 17.5 Å². The predicted molar refractivity (Wildman–Crippen MR) is 159 cm³/mol. The summed E-state index contributed by atoms with van der Waals surface area (Å²) in [5.74, 6) is 0.515. The molecule has 7 heteroatoms. The van der Waals surface area contributed by atoms with E-state index in [0.29, 0.717) is 25.3 Å². The Balaban J connectivity index is 1.29. The SMILES string of the molecule is CCN(CC)C(=O)c1ccc(C(CCN2CCC3(CC2)C(=O)NCN3c2ccccc2)c2cccc(O)c2)cc1. The van der Waals surface area contributed by atoms with Crippen LogP contribution < -0.4 is 10.2 Å². The lowest BCUT2D eigenvalue weighted by atomic mass is 9.84. The summed E-state index contributed by atoms with van der Waals surface area (Å²) in [7, 11) is 0. The number of para-hydroxylation sites is 1. The molecule has 0 saturated carbocycles. The average Bonchev–Trinajstić information content (AvgIpc) is 3.30. The maximum Gasteiger partial charge on any atom is 0.253 e. The number of rotatable bonds is 9. The van der Waals surface area contributed by atoms with Gasteiger partial charge in [0.25, 0.3) is 5.91 Å². The molecule has 1 unspecified atom stereocenters. The quantitative estimate of drug-likeness (QED) is 0.407. The Morgan fingerprint density at radius 1 is 0.950 bits per heavy atom. The summed E-state index contributed by atoms with van der Waals surface area (Å²) in [4.78, 5) is 32.4. The van der Waals surface area contributed by atoms with Crippen molar-refractivity contribution in [3.8, 4) is 5.75 Å². The molecule has 2 fully saturated rings. The van der Waals surface area contributed by atoms with E-state index in [0.717, 1.165) is 55.7 Å². The normalized spacial score (nSPS) is 17.6. The molecule has 1 spiro atoms. The van der Waals surface area contributed by atoms with E-state index in [-0.39, 0.29) is 23.5 Å². The zero-order valence-corrected chi connectivity index (χ0v) is 23.6. The minimum absolute atomic E-state index is 0.0493. The van der Waals surface area contributed by atoms with E-state index >= 15 is 0 Å². The molecule has 3 aromatic rings. The maximum absolute atomic E-state index is 13.0. The van der Waals surface area contributed by atoms with Gasteiger partial charge in [-0.15, -0.1) is 0 Å². The first-order valence-electron chi connectivity index (χ1n) is 14.5. The second-order valence-electron chi connectivity index (χ2n) is 10.8. The Labute approximate surface area is 237 Å². The lowest BCUT2D eigenvalue weighted by molar-refractivity contribution is -0.125. The first-order chi connectivity index (χ1) is 19.4. The fourth-order valence-corrected chi connectivity index (χ4v) is 6.31. The number of carbonyl (C=O) groups excluding carboxylic acids is 2. The Morgan fingerprint density at radius 2 is 1.65 bits per heavy atom. The number of phenolic OH excluding ortho intramolecular Hbond substituents is 1. The van der Waals surface area contributed by atoms with E-state index in [1.54, 1.807) is 6.07 Å². The van der Waals surface area contributed by atoms with Crippen LogP contribution in [0.4, 0.5) is 5.69 Å². The van der Waals surface area contributed by atoms with E-state index in [1.807, 2.05) is 61.2 Å². The highest BCUT2D eigenvalue weighted by Gasteiger charge is 2.50. The third-order valence-electron chi connectivity index (χ3n) is 8.71. The number of likely N-dealkylation sites (tertiary alicyclic amines) is 1. The first kappa shape index (κ1) is 27.7. The Hall–Kier alpha value is -3.84. The van der Waals surface area contributed by atoms with Crippen LogP contribution in [0.2, 0.25) is 0 Å². The number of nitrogens with zero attached hydrogens (tertiary/aromatic N) is 3. The summed E-state index contributed by atoms with van der Waals surface area (Å²) in [5, 5.41) is 13.3. The highest BCUT2D eigenvalue weighted by molar-refractivity contribution is 5.94. The Kier molecular flexibility index (Phi) is 8.40. The number of carbonyl (C=O) groups is 2. The van der Waals surface area contributed by atoms with Crippen LogP contribution in [0.1, 0.15) is 60.5 Å². The van der Waals surface area contributed by atoms with Crippen molar-refractivity contribution in [1.82, 2.24) is 15.1 Å². The summed E-state index contributed by atoms with van der Waals surface area (Å²) in [6.45, 7) is 8.49. The van der Waals surface area contributed by atoms with Crippen LogP contribution >= 0.6 is 0 Å². The van der Waals surface area contributed by atoms with Gasteiger partial charge < -0.3 is 25.1 Å². The lowest BCUT2D eigenvalue weighted by Gasteiger charge is -2.43. The Bertz CT molecular complexity index is 1300. The van der Waals surface area contributed by atoms with E-state index < -0.39 is 5.54 Å². The van der Waals surface area contributed by atoms with Crippen LogP contribution in [-0.4, -0.2) is 71.7 Å². The first-order valence-corrected chi connectivity index (χ1v) is 14.5. The smallest absolute Gasteiger partial charge is 0.253 e. The molecule has 2 aliphatic heterocycles. The molecule has 2 aliphatic rings. The fraction of sp³-hybridized carbons (Fsp3) is 0.394. The van der Waals surface area contributed by atoms with Gasteiger partial charge in [0.2, 0.25) is 5.91 Å². The predicted octanol–water partition coefficient (Wildman–Crippen LogP) is 4.82. The number of phenols is 1. The van der Waals surface area contributed by atoms with Crippen LogP contribution in [0, 0.1) is 0 Å². The van der Waals surface area contributed by atoms with Crippen molar-refractivity contribution in [3.63, 3.8) is 0 Å². The second kappa shape index (κ2) is 12.1. The van der Waals surface area contributed by atoms with Crippen LogP contribution in [0.5, 0.6) is 5.75 Å². The standard InChI is InChI=1S/C33H40N4O3/c1-3-36(4-2)31(39)26-15-13-25(14-16-26)30(27-9-8-12-29(38)23-27)17-20-35-21-18-33(19-22-35)32(40)34-24-37(33)28-10-6-5-7-11-28/h5-16,23,30,38H,3-4,17-22,24H2,1-2H3,(H,34,40). The zero-order valence-electron chi connectivity index (χ0n) is 23.6. The van der Waals surface area contributed by atoms with E-state index in [4.69, 9.17) is 0 Å². The molecule has 0 bridgehead atoms. The van der Waals surface area contributed by atoms with Gasteiger partial charge in [0, 0.05) is 43.3 Å². The third-order valence-corrected chi connectivity index (χ3v) is 8.71. The van der Waals surface area contributed by atoms with Crippen molar-refractivity contribution in [3.05, 3.63) is 95.6 Å². The number of aromatic hydroxyl groups is 1. The summed E-state index contributed by atoms with van der Waals surface area (Å²) >= 11 is 0. The fourth-order valence-electron chi connectivity index (χ4n) is 6.31. The van der Waals surface area contributed by atoms with E-state index in [9.17, 15) is 14.7 Å². The highest BCUT2D eigenvalue weighted by Crippen LogP contribution is 2.37. The molecule has 7 nitrogen and oxygen atoms in total. The zero-order chi connectivity index (χ0) is 28.1. The van der Waals surface area contributed by atoms with Crippen molar-refractivity contribution < 1.29 is 14.7 Å². The van der Waals surface area contributed by atoms with Gasteiger partial charge in [0.05, 0.1) is 6.67 Å². The van der Waals surface area contributed by atoms with Gasteiger partial charge in [0.15, 0.2) is 0 Å². The van der Waals surface area contributed by atoms with Gasteiger partial charge in [-0.1, -0.05) is 42.5 Å². The van der Waals surface area contributed by atoms with Gasteiger partial charge in [-0.3, -0.25) is 9.59 Å². The largest absolute Gasteiger partial charge is 0.508 e. The molecule has 2 heterocycles. The topological polar surface area (TPSA) is 76.1 Å².